The van der Waals surface area contributed by atoms with Crippen LogP contribution in [0, 0.1) is 5.41 Å². The van der Waals surface area contributed by atoms with E-state index in [0.29, 0.717) is 19.6 Å². The molecule has 1 aliphatic rings. The second kappa shape index (κ2) is 6.65. The van der Waals surface area contributed by atoms with Crippen LogP contribution in [0.3, 0.4) is 0 Å². The number of methoxy groups -OCH3 is 1. The lowest BCUT2D eigenvalue weighted by molar-refractivity contribution is -0.0386. The molecule has 1 aliphatic heterocycles. The van der Waals surface area contributed by atoms with E-state index in [0.717, 1.165) is 24.5 Å². The summed E-state index contributed by atoms with van der Waals surface area (Å²) in [7, 11) is 1.67. The minimum Gasteiger partial charge on any atom is -0.396 e. The van der Waals surface area contributed by atoms with Crippen LogP contribution in [-0.2, 0) is 4.74 Å². The van der Waals surface area contributed by atoms with Gasteiger partial charge in [-0.25, -0.2) is 4.98 Å². The highest BCUT2D eigenvalue weighted by atomic mass is 32.1. The maximum Gasteiger partial charge on any atom is 0.185 e. The molecule has 1 aromatic rings. The molecule has 2 N–H and O–H groups in total. The number of aliphatic hydroxyl groups is 2. The minimum atomic E-state index is -0.456. The molecule has 108 valence electrons. The van der Waals surface area contributed by atoms with Crippen molar-refractivity contribution in [3.05, 3.63) is 11.6 Å². The number of piperidine rings is 1. The van der Waals surface area contributed by atoms with Crippen molar-refractivity contribution in [2.45, 2.75) is 25.4 Å². The zero-order chi connectivity index (χ0) is 13.7. The summed E-state index contributed by atoms with van der Waals surface area (Å²) < 4.78 is 5.07. The molecule has 1 aromatic heterocycles. The van der Waals surface area contributed by atoms with E-state index in [-0.39, 0.29) is 6.61 Å². The molecule has 0 amide bonds. The third-order valence-electron chi connectivity index (χ3n) is 3.91. The lowest BCUT2D eigenvalue weighted by atomic mass is 9.74. The minimum absolute atomic E-state index is 0.000242. The lowest BCUT2D eigenvalue weighted by Crippen LogP contribution is -2.54. The highest BCUT2D eigenvalue weighted by molar-refractivity contribution is 7.13. The molecule has 0 saturated carbocycles. The first-order valence-corrected chi connectivity index (χ1v) is 7.52. The molecule has 2 heterocycles. The molecule has 2 atom stereocenters. The van der Waals surface area contributed by atoms with Crippen LogP contribution in [0.5, 0.6) is 0 Å². The number of thiazole rings is 1. The average Bonchev–Trinajstić information content (AvgIpc) is 2.95. The van der Waals surface area contributed by atoms with E-state index >= 15 is 0 Å². The molecular formula is C13H22N2O3S. The third-order valence-corrected chi connectivity index (χ3v) is 4.75. The lowest BCUT2D eigenvalue weighted by Gasteiger charge is -2.45. The molecule has 0 unspecified atom stereocenters. The SMILES string of the molecule is COCCC[C@@]1(CO)CN(c2nccs2)CC[C@H]1O. The van der Waals surface area contributed by atoms with Crippen molar-refractivity contribution in [2.24, 2.45) is 5.41 Å². The van der Waals surface area contributed by atoms with Crippen LogP contribution in [0.4, 0.5) is 5.13 Å². The predicted molar refractivity (Wildman–Crippen MR) is 75.6 cm³/mol. The molecule has 2 rings (SSSR count). The Morgan fingerprint density at radius 2 is 2.47 bits per heavy atom. The van der Waals surface area contributed by atoms with Gasteiger partial charge in [0.15, 0.2) is 5.13 Å². The van der Waals surface area contributed by atoms with Crippen LogP contribution in [0.2, 0.25) is 0 Å². The van der Waals surface area contributed by atoms with Crippen molar-refractivity contribution in [3.63, 3.8) is 0 Å². The summed E-state index contributed by atoms with van der Waals surface area (Å²) in [5, 5.41) is 23.0. The molecule has 0 spiro atoms. The van der Waals surface area contributed by atoms with Crippen molar-refractivity contribution in [1.82, 2.24) is 4.98 Å². The number of rotatable bonds is 6. The number of ether oxygens (including phenoxy) is 1. The van der Waals surface area contributed by atoms with Gasteiger partial charge in [0.2, 0.25) is 0 Å². The van der Waals surface area contributed by atoms with E-state index in [1.54, 1.807) is 24.6 Å². The summed E-state index contributed by atoms with van der Waals surface area (Å²) in [5.41, 5.74) is -0.456. The van der Waals surface area contributed by atoms with Crippen LogP contribution in [0.1, 0.15) is 19.3 Å². The number of nitrogens with zero attached hydrogens (tertiary/aromatic N) is 2. The summed E-state index contributed by atoms with van der Waals surface area (Å²) in [4.78, 5) is 6.48. The first-order chi connectivity index (χ1) is 9.22. The number of aliphatic hydroxyl groups excluding tert-OH is 2. The number of anilines is 1. The fraction of sp³-hybridized carbons (Fsp3) is 0.769. The summed E-state index contributed by atoms with van der Waals surface area (Å²) in [6, 6.07) is 0. The van der Waals surface area contributed by atoms with Gasteiger partial charge in [-0.1, -0.05) is 0 Å². The van der Waals surface area contributed by atoms with E-state index in [4.69, 9.17) is 4.74 Å². The first-order valence-electron chi connectivity index (χ1n) is 6.64. The van der Waals surface area contributed by atoms with Gasteiger partial charge >= 0.3 is 0 Å². The Labute approximate surface area is 117 Å². The second-order valence-corrected chi connectivity index (χ2v) is 6.03. The Bertz CT molecular complexity index is 374. The molecule has 1 saturated heterocycles. The fourth-order valence-electron chi connectivity index (χ4n) is 2.73. The number of hydrogen-bond acceptors (Lipinski definition) is 6. The maximum atomic E-state index is 10.3. The van der Waals surface area contributed by atoms with Crippen LogP contribution >= 0.6 is 11.3 Å². The van der Waals surface area contributed by atoms with E-state index in [1.165, 1.54) is 0 Å². The normalized spacial score (nSPS) is 27.7. The van der Waals surface area contributed by atoms with Gasteiger partial charge in [0, 0.05) is 43.8 Å². The number of aromatic nitrogens is 1. The third kappa shape index (κ3) is 3.25. The van der Waals surface area contributed by atoms with Gasteiger partial charge in [0.1, 0.15) is 0 Å². The largest absolute Gasteiger partial charge is 0.396 e. The molecule has 0 bridgehead atoms. The van der Waals surface area contributed by atoms with Crippen LogP contribution in [0.25, 0.3) is 0 Å². The molecule has 0 aliphatic carbocycles. The van der Waals surface area contributed by atoms with Crippen molar-refractivity contribution < 1.29 is 14.9 Å². The Morgan fingerprint density at radius 1 is 1.63 bits per heavy atom. The molecule has 1 fully saturated rings. The summed E-state index contributed by atoms with van der Waals surface area (Å²) in [6.45, 7) is 2.11. The summed E-state index contributed by atoms with van der Waals surface area (Å²) in [6.07, 6.45) is 3.62. The highest BCUT2D eigenvalue weighted by Gasteiger charge is 2.42. The molecule has 0 radical (unpaired) electrons. The molecule has 19 heavy (non-hydrogen) atoms. The Balaban J connectivity index is 2.06. The van der Waals surface area contributed by atoms with Crippen molar-refractivity contribution in [3.8, 4) is 0 Å². The van der Waals surface area contributed by atoms with Crippen LogP contribution in [-0.4, -0.2) is 54.7 Å². The van der Waals surface area contributed by atoms with Gasteiger partial charge in [-0.05, 0) is 19.3 Å². The Kier molecular flexibility index (Phi) is 5.15. The summed E-state index contributed by atoms with van der Waals surface area (Å²) >= 11 is 1.60. The van der Waals surface area contributed by atoms with Crippen LogP contribution < -0.4 is 4.90 Å². The number of hydrogen-bond donors (Lipinski definition) is 2. The molecule has 5 nitrogen and oxygen atoms in total. The maximum absolute atomic E-state index is 10.3. The quantitative estimate of drug-likeness (QED) is 0.767. The van der Waals surface area contributed by atoms with Gasteiger partial charge in [-0.2, -0.15) is 0 Å². The topological polar surface area (TPSA) is 65.8 Å². The van der Waals surface area contributed by atoms with E-state index in [9.17, 15) is 10.2 Å². The summed E-state index contributed by atoms with van der Waals surface area (Å²) in [5.74, 6) is 0. The monoisotopic (exact) mass is 286 g/mol. The first kappa shape index (κ1) is 14.7. The Morgan fingerprint density at radius 3 is 3.11 bits per heavy atom. The zero-order valence-electron chi connectivity index (χ0n) is 11.3. The van der Waals surface area contributed by atoms with Crippen molar-refractivity contribution in [2.75, 3.05) is 38.3 Å². The second-order valence-electron chi connectivity index (χ2n) is 5.16. The standard InChI is InChI=1S/C13H22N2O3S/c1-18-7-2-4-13(10-16)9-15(6-3-11(13)17)12-14-5-8-19-12/h5,8,11,16-17H,2-4,6-7,9-10H2,1H3/t11-,13+/m1/s1. The van der Waals surface area contributed by atoms with Crippen molar-refractivity contribution in [1.29, 1.82) is 0 Å². The fourth-order valence-corrected chi connectivity index (χ4v) is 3.40. The van der Waals surface area contributed by atoms with E-state index < -0.39 is 11.5 Å². The molecular weight excluding hydrogens is 264 g/mol. The Hall–Kier alpha value is -0.690. The van der Waals surface area contributed by atoms with Gasteiger partial charge in [-0.3, -0.25) is 0 Å². The molecule has 0 aromatic carbocycles. The molecule has 6 heteroatoms. The van der Waals surface area contributed by atoms with Crippen LogP contribution in [0.15, 0.2) is 11.6 Å². The zero-order valence-corrected chi connectivity index (χ0v) is 12.1. The smallest absolute Gasteiger partial charge is 0.185 e. The van der Waals surface area contributed by atoms with Gasteiger partial charge < -0.3 is 19.8 Å². The predicted octanol–water partition coefficient (Wildman–Crippen LogP) is 1.12. The van der Waals surface area contributed by atoms with E-state index in [1.807, 2.05) is 5.38 Å². The van der Waals surface area contributed by atoms with E-state index in [2.05, 4.69) is 9.88 Å². The van der Waals surface area contributed by atoms with Crippen molar-refractivity contribution >= 4 is 16.5 Å². The highest BCUT2D eigenvalue weighted by Crippen LogP contribution is 2.37. The van der Waals surface area contributed by atoms with Gasteiger partial charge in [0.05, 0.1) is 12.7 Å². The average molecular weight is 286 g/mol. The van der Waals surface area contributed by atoms with Gasteiger partial charge in [0.25, 0.3) is 0 Å². The van der Waals surface area contributed by atoms with Gasteiger partial charge in [-0.15, -0.1) is 11.3 Å².